The van der Waals surface area contributed by atoms with Gasteiger partial charge in [-0.15, -0.1) is 0 Å². The molecule has 1 aromatic heterocycles. The molecule has 0 saturated carbocycles. The van der Waals surface area contributed by atoms with Crippen LogP contribution in [0.4, 0.5) is 0 Å². The van der Waals surface area contributed by atoms with Crippen LogP contribution in [0.3, 0.4) is 0 Å². The lowest BCUT2D eigenvalue weighted by atomic mass is 10.2. The summed E-state index contributed by atoms with van der Waals surface area (Å²) in [6, 6.07) is 7.37. The van der Waals surface area contributed by atoms with Gasteiger partial charge in [0, 0.05) is 30.9 Å². The second kappa shape index (κ2) is 6.24. The zero-order chi connectivity index (χ0) is 13.7. The highest BCUT2D eigenvalue weighted by molar-refractivity contribution is 5.39. The van der Waals surface area contributed by atoms with Gasteiger partial charge in [-0.2, -0.15) is 5.10 Å². The van der Waals surface area contributed by atoms with E-state index in [9.17, 15) is 5.11 Å². The highest BCUT2D eigenvalue weighted by Crippen LogP contribution is 2.24. The molecule has 0 aliphatic heterocycles. The lowest BCUT2D eigenvalue weighted by Crippen LogP contribution is -2.07. The predicted molar refractivity (Wildman–Crippen MR) is 71.3 cm³/mol. The van der Waals surface area contributed by atoms with Crippen LogP contribution < -0.4 is 9.47 Å². The Morgan fingerprint density at radius 2 is 2.16 bits per heavy atom. The minimum absolute atomic E-state index is 0.0712. The van der Waals surface area contributed by atoms with Crippen LogP contribution >= 0.6 is 0 Å². The molecular formula is C14H18N2O3. The number of aliphatic hydroxyl groups excluding tert-OH is 1. The standard InChI is InChI=1S/C14H18N2O3/c1-16-12(5-7-15-16)6-8-19-14-4-3-13(18-2)9-11(14)10-17/h3-5,7,9,17H,6,8,10H2,1-2H3. The topological polar surface area (TPSA) is 56.5 Å². The summed E-state index contributed by atoms with van der Waals surface area (Å²) in [5, 5.41) is 13.4. The first kappa shape index (κ1) is 13.4. The molecule has 5 nitrogen and oxygen atoms in total. The summed E-state index contributed by atoms with van der Waals surface area (Å²) in [7, 11) is 3.50. The van der Waals surface area contributed by atoms with E-state index in [1.165, 1.54) is 0 Å². The Bertz CT molecular complexity index is 537. The van der Waals surface area contributed by atoms with E-state index in [0.29, 0.717) is 18.1 Å². The van der Waals surface area contributed by atoms with Crippen LogP contribution in [0.2, 0.25) is 0 Å². The van der Waals surface area contributed by atoms with Crippen LogP contribution in [0.1, 0.15) is 11.3 Å². The van der Waals surface area contributed by atoms with Crippen molar-refractivity contribution in [1.82, 2.24) is 9.78 Å². The number of aryl methyl sites for hydroxylation is 1. The average Bonchev–Trinajstić information content (AvgIpc) is 2.84. The molecule has 0 radical (unpaired) electrons. The third-order valence-corrected chi connectivity index (χ3v) is 2.98. The first-order valence-corrected chi connectivity index (χ1v) is 6.12. The summed E-state index contributed by atoms with van der Waals surface area (Å²) in [4.78, 5) is 0. The highest BCUT2D eigenvalue weighted by atomic mass is 16.5. The molecule has 0 saturated heterocycles. The van der Waals surface area contributed by atoms with Crippen molar-refractivity contribution >= 4 is 0 Å². The fraction of sp³-hybridized carbons (Fsp3) is 0.357. The number of ether oxygens (including phenoxy) is 2. The van der Waals surface area contributed by atoms with Crippen molar-refractivity contribution < 1.29 is 14.6 Å². The van der Waals surface area contributed by atoms with E-state index in [-0.39, 0.29) is 6.61 Å². The van der Waals surface area contributed by atoms with Gasteiger partial charge in [0.2, 0.25) is 0 Å². The first-order valence-electron chi connectivity index (χ1n) is 6.12. The van der Waals surface area contributed by atoms with E-state index in [4.69, 9.17) is 9.47 Å². The number of aromatic nitrogens is 2. The molecule has 2 aromatic rings. The monoisotopic (exact) mass is 262 g/mol. The van der Waals surface area contributed by atoms with Crippen molar-refractivity contribution in [3.8, 4) is 11.5 Å². The largest absolute Gasteiger partial charge is 0.497 e. The molecule has 0 spiro atoms. The minimum Gasteiger partial charge on any atom is -0.497 e. The van der Waals surface area contributed by atoms with Crippen LogP contribution in [-0.4, -0.2) is 28.6 Å². The Balaban J connectivity index is 1.97. The number of hydrogen-bond donors (Lipinski definition) is 1. The van der Waals surface area contributed by atoms with Crippen molar-refractivity contribution in [3.05, 3.63) is 41.7 Å². The summed E-state index contributed by atoms with van der Waals surface area (Å²) >= 11 is 0. The SMILES string of the molecule is COc1ccc(OCCc2ccnn2C)c(CO)c1. The molecule has 102 valence electrons. The van der Waals surface area contributed by atoms with Crippen LogP contribution in [0.25, 0.3) is 0 Å². The molecule has 0 aliphatic carbocycles. The van der Waals surface area contributed by atoms with E-state index >= 15 is 0 Å². The van der Waals surface area contributed by atoms with Crippen molar-refractivity contribution in [3.63, 3.8) is 0 Å². The van der Waals surface area contributed by atoms with Gasteiger partial charge < -0.3 is 14.6 Å². The molecular weight excluding hydrogens is 244 g/mol. The summed E-state index contributed by atoms with van der Waals surface area (Å²) < 4.78 is 12.6. The molecule has 0 aliphatic rings. The molecule has 0 bridgehead atoms. The smallest absolute Gasteiger partial charge is 0.125 e. The van der Waals surface area contributed by atoms with Crippen molar-refractivity contribution in [2.45, 2.75) is 13.0 Å². The van der Waals surface area contributed by atoms with Gasteiger partial charge in [0.25, 0.3) is 0 Å². The molecule has 0 amide bonds. The highest BCUT2D eigenvalue weighted by Gasteiger charge is 2.06. The van der Waals surface area contributed by atoms with Gasteiger partial charge >= 0.3 is 0 Å². The van der Waals surface area contributed by atoms with E-state index in [1.54, 1.807) is 19.4 Å². The van der Waals surface area contributed by atoms with Crippen LogP contribution in [0.5, 0.6) is 11.5 Å². The Morgan fingerprint density at radius 3 is 2.79 bits per heavy atom. The van der Waals surface area contributed by atoms with Crippen LogP contribution in [0, 0.1) is 0 Å². The zero-order valence-electron chi connectivity index (χ0n) is 11.2. The fourth-order valence-corrected chi connectivity index (χ4v) is 1.86. The maximum Gasteiger partial charge on any atom is 0.125 e. The summed E-state index contributed by atoms with van der Waals surface area (Å²) in [5.74, 6) is 1.40. The van der Waals surface area contributed by atoms with Gasteiger partial charge in [0.05, 0.1) is 20.3 Å². The zero-order valence-corrected chi connectivity index (χ0v) is 11.2. The molecule has 1 aromatic carbocycles. The second-order valence-corrected chi connectivity index (χ2v) is 4.18. The third-order valence-electron chi connectivity index (χ3n) is 2.98. The minimum atomic E-state index is -0.0712. The lowest BCUT2D eigenvalue weighted by Gasteiger charge is -2.11. The molecule has 0 atom stereocenters. The summed E-state index contributed by atoms with van der Waals surface area (Å²) in [5.41, 5.74) is 1.84. The lowest BCUT2D eigenvalue weighted by molar-refractivity contribution is 0.262. The Morgan fingerprint density at radius 1 is 1.32 bits per heavy atom. The van der Waals surface area contributed by atoms with E-state index in [0.717, 1.165) is 17.7 Å². The number of aliphatic hydroxyl groups is 1. The van der Waals surface area contributed by atoms with E-state index < -0.39 is 0 Å². The summed E-state index contributed by atoms with van der Waals surface area (Å²) in [6.45, 7) is 0.469. The van der Waals surface area contributed by atoms with Crippen molar-refractivity contribution in [1.29, 1.82) is 0 Å². The number of benzene rings is 1. The van der Waals surface area contributed by atoms with Crippen molar-refractivity contribution in [2.75, 3.05) is 13.7 Å². The van der Waals surface area contributed by atoms with Gasteiger partial charge in [0.1, 0.15) is 11.5 Å². The molecule has 1 N–H and O–H groups in total. The second-order valence-electron chi connectivity index (χ2n) is 4.18. The quantitative estimate of drug-likeness (QED) is 0.858. The maximum absolute atomic E-state index is 9.32. The average molecular weight is 262 g/mol. The number of hydrogen-bond acceptors (Lipinski definition) is 4. The van der Waals surface area contributed by atoms with Gasteiger partial charge in [-0.3, -0.25) is 4.68 Å². The van der Waals surface area contributed by atoms with Gasteiger partial charge in [-0.1, -0.05) is 0 Å². The van der Waals surface area contributed by atoms with Gasteiger partial charge in [-0.05, 0) is 24.3 Å². The van der Waals surface area contributed by atoms with E-state index in [2.05, 4.69) is 5.10 Å². The third kappa shape index (κ3) is 3.26. The van der Waals surface area contributed by atoms with Crippen LogP contribution in [-0.2, 0) is 20.1 Å². The van der Waals surface area contributed by atoms with Crippen molar-refractivity contribution in [2.24, 2.45) is 7.05 Å². The first-order chi connectivity index (χ1) is 9.24. The summed E-state index contributed by atoms with van der Waals surface area (Å²) in [6.07, 6.45) is 2.54. The molecule has 1 heterocycles. The van der Waals surface area contributed by atoms with E-state index in [1.807, 2.05) is 29.9 Å². The maximum atomic E-state index is 9.32. The van der Waals surface area contributed by atoms with Gasteiger partial charge in [-0.25, -0.2) is 0 Å². The molecule has 0 fully saturated rings. The number of methoxy groups -OCH3 is 1. The van der Waals surface area contributed by atoms with Gasteiger partial charge in [0.15, 0.2) is 0 Å². The molecule has 0 unspecified atom stereocenters. The predicted octanol–water partition coefficient (Wildman–Crippen LogP) is 1.54. The fourth-order valence-electron chi connectivity index (χ4n) is 1.86. The Labute approximate surface area is 112 Å². The Hall–Kier alpha value is -2.01. The molecule has 5 heteroatoms. The molecule has 2 rings (SSSR count). The molecule has 19 heavy (non-hydrogen) atoms. The van der Waals surface area contributed by atoms with Crippen LogP contribution in [0.15, 0.2) is 30.5 Å². The Kier molecular flexibility index (Phi) is 4.41. The number of nitrogens with zero attached hydrogens (tertiary/aromatic N) is 2. The number of rotatable bonds is 6. The normalized spacial score (nSPS) is 10.5.